The van der Waals surface area contributed by atoms with Gasteiger partial charge in [-0.05, 0) is 13.3 Å². The first-order valence-electron chi connectivity index (χ1n) is 7.44. The standard InChI is InChI=1S/C15H18N4O4/c1-10-14(23-9-18-10)15(21)19-2-3-22-7-11(6-19)4-12-5-13(20)17-8-16-12/h5,8-9,11H,2-4,6-7H2,1H3,(H,16,17,20)/t11-/m0/s1. The Morgan fingerprint density at radius 2 is 2.35 bits per heavy atom. The zero-order valence-corrected chi connectivity index (χ0v) is 12.8. The number of amides is 1. The van der Waals surface area contributed by atoms with Gasteiger partial charge in [-0.1, -0.05) is 0 Å². The molecular weight excluding hydrogens is 300 g/mol. The van der Waals surface area contributed by atoms with E-state index in [-0.39, 0.29) is 23.1 Å². The van der Waals surface area contributed by atoms with Crippen molar-refractivity contribution in [3.63, 3.8) is 0 Å². The largest absolute Gasteiger partial charge is 0.438 e. The van der Waals surface area contributed by atoms with Crippen LogP contribution in [0.5, 0.6) is 0 Å². The highest BCUT2D eigenvalue weighted by atomic mass is 16.5. The molecule has 1 fully saturated rings. The Bertz CT molecular complexity index is 739. The van der Waals surface area contributed by atoms with E-state index in [4.69, 9.17) is 9.15 Å². The minimum atomic E-state index is -0.186. The molecule has 1 saturated heterocycles. The van der Waals surface area contributed by atoms with Gasteiger partial charge in [-0.25, -0.2) is 9.97 Å². The van der Waals surface area contributed by atoms with Crippen molar-refractivity contribution in [2.45, 2.75) is 13.3 Å². The van der Waals surface area contributed by atoms with Crippen molar-refractivity contribution in [2.24, 2.45) is 5.92 Å². The molecule has 1 atom stereocenters. The van der Waals surface area contributed by atoms with Crippen LogP contribution in [0.25, 0.3) is 0 Å². The SMILES string of the molecule is Cc1ncoc1C(=O)N1CCOC[C@@H](Cc2cc(=O)[nH]cn2)C1. The summed E-state index contributed by atoms with van der Waals surface area (Å²) >= 11 is 0. The zero-order valence-electron chi connectivity index (χ0n) is 12.8. The Morgan fingerprint density at radius 3 is 3.09 bits per heavy atom. The summed E-state index contributed by atoms with van der Waals surface area (Å²) in [5, 5.41) is 0. The van der Waals surface area contributed by atoms with Gasteiger partial charge in [0.05, 0.1) is 25.2 Å². The molecule has 0 spiro atoms. The molecule has 3 heterocycles. The molecule has 1 amide bonds. The van der Waals surface area contributed by atoms with Crippen molar-refractivity contribution in [3.05, 3.63) is 46.3 Å². The van der Waals surface area contributed by atoms with Crippen LogP contribution in [0.1, 0.15) is 21.9 Å². The van der Waals surface area contributed by atoms with E-state index in [9.17, 15) is 9.59 Å². The summed E-state index contributed by atoms with van der Waals surface area (Å²) in [6, 6.07) is 1.47. The van der Waals surface area contributed by atoms with E-state index < -0.39 is 0 Å². The maximum atomic E-state index is 12.6. The fourth-order valence-corrected chi connectivity index (χ4v) is 2.66. The Morgan fingerprint density at radius 1 is 1.48 bits per heavy atom. The van der Waals surface area contributed by atoms with Gasteiger partial charge in [0.1, 0.15) is 0 Å². The van der Waals surface area contributed by atoms with E-state index in [1.807, 2.05) is 0 Å². The maximum Gasteiger partial charge on any atom is 0.291 e. The molecule has 0 unspecified atom stereocenters. The number of aromatic nitrogens is 3. The number of nitrogens with zero attached hydrogens (tertiary/aromatic N) is 3. The molecule has 1 N–H and O–H groups in total. The third kappa shape index (κ3) is 3.65. The van der Waals surface area contributed by atoms with Gasteiger partial charge in [-0.3, -0.25) is 9.59 Å². The third-order valence-corrected chi connectivity index (χ3v) is 3.80. The monoisotopic (exact) mass is 318 g/mol. The van der Waals surface area contributed by atoms with Crippen molar-refractivity contribution in [3.8, 4) is 0 Å². The van der Waals surface area contributed by atoms with Crippen LogP contribution >= 0.6 is 0 Å². The highest BCUT2D eigenvalue weighted by Gasteiger charge is 2.27. The fraction of sp³-hybridized carbons (Fsp3) is 0.467. The van der Waals surface area contributed by atoms with Crippen LogP contribution in [0.2, 0.25) is 0 Å². The van der Waals surface area contributed by atoms with Crippen LogP contribution in [0.4, 0.5) is 0 Å². The molecule has 0 bridgehead atoms. The van der Waals surface area contributed by atoms with Crippen LogP contribution in [0.3, 0.4) is 0 Å². The molecule has 23 heavy (non-hydrogen) atoms. The molecule has 8 heteroatoms. The summed E-state index contributed by atoms with van der Waals surface area (Å²) in [6.45, 7) is 3.75. The van der Waals surface area contributed by atoms with E-state index in [0.717, 1.165) is 0 Å². The molecule has 3 rings (SSSR count). The average Bonchev–Trinajstić information content (AvgIpc) is 2.81. The Balaban J connectivity index is 1.72. The number of hydrogen-bond donors (Lipinski definition) is 1. The molecular formula is C15H18N4O4. The lowest BCUT2D eigenvalue weighted by Gasteiger charge is -2.22. The molecule has 0 aromatic carbocycles. The summed E-state index contributed by atoms with van der Waals surface area (Å²) in [6.07, 6.45) is 3.23. The highest BCUT2D eigenvalue weighted by molar-refractivity contribution is 5.92. The van der Waals surface area contributed by atoms with Crippen LogP contribution < -0.4 is 5.56 Å². The van der Waals surface area contributed by atoms with Gasteiger partial charge in [0, 0.05) is 30.8 Å². The first-order valence-corrected chi connectivity index (χ1v) is 7.44. The Kier molecular flexibility index (Phi) is 4.52. The van der Waals surface area contributed by atoms with Crippen molar-refractivity contribution in [1.82, 2.24) is 19.9 Å². The van der Waals surface area contributed by atoms with Crippen LogP contribution in [-0.4, -0.2) is 52.1 Å². The van der Waals surface area contributed by atoms with E-state index in [2.05, 4.69) is 15.0 Å². The van der Waals surface area contributed by atoms with Gasteiger partial charge in [-0.15, -0.1) is 0 Å². The topological polar surface area (TPSA) is 101 Å². The number of oxazole rings is 1. The van der Waals surface area contributed by atoms with Crippen molar-refractivity contribution in [1.29, 1.82) is 0 Å². The summed E-state index contributed by atoms with van der Waals surface area (Å²) in [5.41, 5.74) is 1.08. The number of aryl methyl sites for hydroxylation is 1. The molecule has 8 nitrogen and oxygen atoms in total. The number of nitrogens with one attached hydrogen (secondary N) is 1. The van der Waals surface area contributed by atoms with E-state index >= 15 is 0 Å². The molecule has 122 valence electrons. The van der Waals surface area contributed by atoms with E-state index in [1.165, 1.54) is 18.8 Å². The second kappa shape index (κ2) is 6.74. The molecule has 1 aliphatic heterocycles. The van der Waals surface area contributed by atoms with E-state index in [1.54, 1.807) is 11.8 Å². The van der Waals surface area contributed by atoms with Gasteiger partial charge in [-0.2, -0.15) is 0 Å². The third-order valence-electron chi connectivity index (χ3n) is 3.80. The second-order valence-corrected chi connectivity index (χ2v) is 5.57. The summed E-state index contributed by atoms with van der Waals surface area (Å²) < 4.78 is 10.8. The molecule has 2 aromatic heterocycles. The Labute approximate surface area is 132 Å². The minimum Gasteiger partial charge on any atom is -0.438 e. The van der Waals surface area contributed by atoms with Gasteiger partial charge in [0.25, 0.3) is 11.5 Å². The summed E-state index contributed by atoms with van der Waals surface area (Å²) in [5.74, 6) is 0.147. The molecule has 2 aromatic rings. The zero-order chi connectivity index (χ0) is 16.2. The van der Waals surface area contributed by atoms with Crippen molar-refractivity contribution >= 4 is 5.91 Å². The maximum absolute atomic E-state index is 12.6. The number of ether oxygens (including phenoxy) is 1. The number of aromatic amines is 1. The van der Waals surface area contributed by atoms with Crippen LogP contribution in [-0.2, 0) is 11.2 Å². The first kappa shape index (κ1) is 15.4. The Hall–Kier alpha value is -2.48. The second-order valence-electron chi connectivity index (χ2n) is 5.57. The number of carbonyl (C=O) groups is 1. The first-order chi connectivity index (χ1) is 11.1. The van der Waals surface area contributed by atoms with Gasteiger partial charge >= 0.3 is 0 Å². The number of hydrogen-bond acceptors (Lipinski definition) is 6. The minimum absolute atomic E-state index is 0.0685. The number of H-pyrrole nitrogens is 1. The summed E-state index contributed by atoms with van der Waals surface area (Å²) in [4.78, 5) is 36.2. The molecule has 0 aliphatic carbocycles. The fourth-order valence-electron chi connectivity index (χ4n) is 2.66. The average molecular weight is 318 g/mol. The van der Waals surface area contributed by atoms with Crippen LogP contribution in [0.15, 0.2) is 28.0 Å². The quantitative estimate of drug-likeness (QED) is 0.879. The van der Waals surface area contributed by atoms with Gasteiger partial charge < -0.3 is 19.0 Å². The lowest BCUT2D eigenvalue weighted by atomic mass is 10.0. The summed E-state index contributed by atoms with van der Waals surface area (Å²) in [7, 11) is 0. The van der Waals surface area contributed by atoms with Gasteiger partial charge in [0.2, 0.25) is 5.76 Å². The predicted octanol–water partition coefficient (Wildman–Crippen LogP) is 0.398. The van der Waals surface area contributed by atoms with E-state index in [0.29, 0.717) is 44.1 Å². The molecule has 0 saturated carbocycles. The van der Waals surface area contributed by atoms with Gasteiger partial charge in [0.15, 0.2) is 6.39 Å². The lowest BCUT2D eigenvalue weighted by Crippen LogP contribution is -2.36. The van der Waals surface area contributed by atoms with Crippen LogP contribution in [0, 0.1) is 12.8 Å². The molecule has 0 radical (unpaired) electrons. The predicted molar refractivity (Wildman–Crippen MR) is 80.0 cm³/mol. The number of carbonyl (C=O) groups excluding carboxylic acids is 1. The normalized spacial score (nSPS) is 18.7. The van der Waals surface area contributed by atoms with Crippen molar-refractivity contribution in [2.75, 3.05) is 26.3 Å². The van der Waals surface area contributed by atoms with Crippen molar-refractivity contribution < 1.29 is 13.9 Å². The lowest BCUT2D eigenvalue weighted by molar-refractivity contribution is 0.0704. The smallest absolute Gasteiger partial charge is 0.291 e. The molecule has 1 aliphatic rings. The highest BCUT2D eigenvalue weighted by Crippen LogP contribution is 2.16. The number of rotatable bonds is 3.